The third-order valence-electron chi connectivity index (χ3n) is 3.32. The van der Waals surface area contributed by atoms with Gasteiger partial charge in [0, 0.05) is 11.6 Å². The van der Waals surface area contributed by atoms with E-state index in [9.17, 15) is 0 Å². The quantitative estimate of drug-likeness (QED) is 0.759. The van der Waals surface area contributed by atoms with Gasteiger partial charge in [0.05, 0.1) is 22.4 Å². The van der Waals surface area contributed by atoms with Gasteiger partial charge in [0.2, 0.25) is 0 Å². The number of benzene rings is 1. The molecule has 2 aromatic rings. The van der Waals surface area contributed by atoms with Crippen LogP contribution in [0.25, 0.3) is 0 Å². The average molecular weight is 371 g/mol. The molecule has 1 unspecified atom stereocenters. The maximum Gasteiger partial charge on any atom is 0.0760 e. The summed E-state index contributed by atoms with van der Waals surface area (Å²) < 4.78 is 3.10. The second-order valence-corrected chi connectivity index (χ2v) is 6.33. The summed E-state index contributed by atoms with van der Waals surface area (Å²) >= 11 is 9.80. The van der Waals surface area contributed by atoms with Crippen LogP contribution in [0.3, 0.4) is 0 Å². The molecule has 0 aliphatic carbocycles. The molecule has 0 saturated carbocycles. The van der Waals surface area contributed by atoms with Crippen molar-refractivity contribution in [2.75, 3.05) is 6.54 Å². The van der Waals surface area contributed by atoms with Crippen LogP contribution in [0.4, 0.5) is 0 Å². The predicted octanol–water partition coefficient (Wildman–Crippen LogP) is 4.80. The second-order valence-electron chi connectivity index (χ2n) is 5.04. The van der Waals surface area contributed by atoms with Gasteiger partial charge in [-0.25, -0.2) is 0 Å². The summed E-state index contributed by atoms with van der Waals surface area (Å²) in [5, 5.41) is 8.84. The van der Waals surface area contributed by atoms with Crippen LogP contribution in [0.15, 0.2) is 34.9 Å². The highest BCUT2D eigenvalue weighted by Crippen LogP contribution is 2.30. The van der Waals surface area contributed by atoms with Crippen LogP contribution in [0, 0.1) is 0 Å². The molecule has 0 saturated heterocycles. The van der Waals surface area contributed by atoms with Crippen LogP contribution in [-0.4, -0.2) is 16.3 Å². The SMILES string of the molecule is CCCNC(c1cccc(Cl)c1)c1c(Br)cnn1CCC. The van der Waals surface area contributed by atoms with E-state index < -0.39 is 0 Å². The standard InChI is InChI=1S/C16H21BrClN3/c1-3-8-19-15(12-6-5-7-13(18)10-12)16-14(17)11-20-21(16)9-4-2/h5-7,10-11,15,19H,3-4,8-9H2,1-2H3. The first-order valence-electron chi connectivity index (χ1n) is 7.37. The first-order chi connectivity index (χ1) is 10.2. The van der Waals surface area contributed by atoms with Crippen molar-refractivity contribution in [2.24, 2.45) is 0 Å². The summed E-state index contributed by atoms with van der Waals surface area (Å²) in [6.07, 6.45) is 4.00. The van der Waals surface area contributed by atoms with E-state index in [2.05, 4.69) is 50.9 Å². The first kappa shape index (κ1) is 16.5. The molecule has 1 aromatic carbocycles. The topological polar surface area (TPSA) is 29.9 Å². The van der Waals surface area contributed by atoms with Gasteiger partial charge in [-0.05, 0) is 53.0 Å². The van der Waals surface area contributed by atoms with Crippen LogP contribution in [-0.2, 0) is 6.54 Å². The Kier molecular flexibility index (Phi) is 6.27. The van der Waals surface area contributed by atoms with E-state index >= 15 is 0 Å². The fourth-order valence-electron chi connectivity index (χ4n) is 2.40. The van der Waals surface area contributed by atoms with Crippen LogP contribution < -0.4 is 5.32 Å². The third kappa shape index (κ3) is 4.09. The normalized spacial score (nSPS) is 12.6. The molecule has 21 heavy (non-hydrogen) atoms. The minimum Gasteiger partial charge on any atom is -0.305 e. The van der Waals surface area contributed by atoms with Gasteiger partial charge in [0.25, 0.3) is 0 Å². The van der Waals surface area contributed by atoms with Crippen LogP contribution >= 0.6 is 27.5 Å². The molecule has 114 valence electrons. The molecule has 1 aromatic heterocycles. The number of aromatic nitrogens is 2. The molecule has 3 nitrogen and oxygen atoms in total. The molecule has 0 fully saturated rings. The zero-order valence-electron chi connectivity index (χ0n) is 12.4. The Balaban J connectivity index is 2.42. The van der Waals surface area contributed by atoms with Crippen LogP contribution in [0.1, 0.15) is 44.0 Å². The monoisotopic (exact) mass is 369 g/mol. The van der Waals surface area contributed by atoms with Crippen molar-refractivity contribution in [1.29, 1.82) is 0 Å². The zero-order chi connectivity index (χ0) is 15.2. The summed E-state index contributed by atoms with van der Waals surface area (Å²) in [5.74, 6) is 0. The molecule has 0 aliphatic rings. The summed E-state index contributed by atoms with van der Waals surface area (Å²) in [6.45, 7) is 6.18. The third-order valence-corrected chi connectivity index (χ3v) is 4.17. The minimum absolute atomic E-state index is 0.0899. The van der Waals surface area contributed by atoms with Crippen LogP contribution in [0.2, 0.25) is 5.02 Å². The van der Waals surface area contributed by atoms with Crippen molar-refractivity contribution in [1.82, 2.24) is 15.1 Å². The van der Waals surface area contributed by atoms with E-state index in [1.807, 2.05) is 24.4 Å². The summed E-state index contributed by atoms with van der Waals surface area (Å²) in [6, 6.07) is 8.11. The van der Waals surface area contributed by atoms with Gasteiger partial charge in [-0.2, -0.15) is 5.10 Å². The predicted molar refractivity (Wildman–Crippen MR) is 91.8 cm³/mol. The summed E-state index contributed by atoms with van der Waals surface area (Å²) in [4.78, 5) is 0. The lowest BCUT2D eigenvalue weighted by molar-refractivity contribution is 0.510. The molecular weight excluding hydrogens is 350 g/mol. The number of halogens is 2. The molecule has 0 radical (unpaired) electrons. The molecule has 0 aliphatic heterocycles. The molecule has 5 heteroatoms. The smallest absolute Gasteiger partial charge is 0.0760 e. The number of nitrogens with one attached hydrogen (secondary N) is 1. The van der Waals surface area contributed by atoms with Gasteiger partial charge in [-0.3, -0.25) is 4.68 Å². The van der Waals surface area contributed by atoms with Gasteiger partial charge < -0.3 is 5.32 Å². The lowest BCUT2D eigenvalue weighted by Gasteiger charge is -2.21. The van der Waals surface area contributed by atoms with Crippen LogP contribution in [0.5, 0.6) is 0 Å². The van der Waals surface area contributed by atoms with Gasteiger partial charge >= 0.3 is 0 Å². The Hall–Kier alpha value is -0.840. The van der Waals surface area contributed by atoms with E-state index in [1.54, 1.807) is 0 Å². The molecule has 1 heterocycles. The average Bonchev–Trinajstić information content (AvgIpc) is 2.82. The first-order valence-corrected chi connectivity index (χ1v) is 8.54. The minimum atomic E-state index is 0.0899. The van der Waals surface area contributed by atoms with Gasteiger partial charge in [0.15, 0.2) is 0 Å². The molecule has 1 N–H and O–H groups in total. The van der Waals surface area contributed by atoms with Gasteiger partial charge in [-0.1, -0.05) is 37.6 Å². The second kappa shape index (κ2) is 7.97. The van der Waals surface area contributed by atoms with Crippen molar-refractivity contribution >= 4 is 27.5 Å². The zero-order valence-corrected chi connectivity index (χ0v) is 14.8. The molecule has 0 spiro atoms. The van der Waals surface area contributed by atoms with Gasteiger partial charge in [0.1, 0.15) is 0 Å². The Labute approximate surface area is 139 Å². The number of hydrogen-bond donors (Lipinski definition) is 1. The van der Waals surface area contributed by atoms with Gasteiger partial charge in [-0.15, -0.1) is 0 Å². The Morgan fingerprint density at radius 3 is 2.81 bits per heavy atom. The number of aryl methyl sites for hydroxylation is 1. The number of hydrogen-bond acceptors (Lipinski definition) is 2. The highest BCUT2D eigenvalue weighted by Gasteiger charge is 2.21. The molecular formula is C16H21BrClN3. The van der Waals surface area contributed by atoms with Crippen molar-refractivity contribution in [2.45, 2.75) is 39.3 Å². The van der Waals surface area contributed by atoms with E-state index in [-0.39, 0.29) is 6.04 Å². The Bertz CT molecular complexity index is 583. The maximum atomic E-state index is 6.16. The highest BCUT2D eigenvalue weighted by atomic mass is 79.9. The Morgan fingerprint density at radius 2 is 2.14 bits per heavy atom. The molecule has 2 rings (SSSR count). The van der Waals surface area contributed by atoms with E-state index in [0.717, 1.165) is 46.7 Å². The van der Waals surface area contributed by atoms with Crippen molar-refractivity contribution in [3.05, 3.63) is 51.2 Å². The number of rotatable bonds is 7. The maximum absolute atomic E-state index is 6.16. The fraction of sp³-hybridized carbons (Fsp3) is 0.438. The van der Waals surface area contributed by atoms with Crippen molar-refractivity contribution in [3.8, 4) is 0 Å². The summed E-state index contributed by atoms with van der Waals surface area (Å²) in [5.41, 5.74) is 2.32. The van der Waals surface area contributed by atoms with Crippen molar-refractivity contribution in [3.63, 3.8) is 0 Å². The van der Waals surface area contributed by atoms with E-state index in [1.165, 1.54) is 0 Å². The van der Waals surface area contributed by atoms with Crippen molar-refractivity contribution < 1.29 is 0 Å². The van der Waals surface area contributed by atoms with E-state index in [0.29, 0.717) is 0 Å². The van der Waals surface area contributed by atoms with E-state index in [4.69, 9.17) is 11.6 Å². The molecule has 0 amide bonds. The lowest BCUT2D eigenvalue weighted by Crippen LogP contribution is -2.26. The summed E-state index contributed by atoms with van der Waals surface area (Å²) in [7, 11) is 0. The molecule has 0 bridgehead atoms. The fourth-order valence-corrected chi connectivity index (χ4v) is 3.12. The Morgan fingerprint density at radius 1 is 1.33 bits per heavy atom. The number of nitrogens with zero attached hydrogens (tertiary/aromatic N) is 2. The largest absolute Gasteiger partial charge is 0.305 e. The highest BCUT2D eigenvalue weighted by molar-refractivity contribution is 9.10. The molecule has 1 atom stereocenters. The lowest BCUT2D eigenvalue weighted by atomic mass is 10.0.